The van der Waals surface area contributed by atoms with Gasteiger partial charge in [0.25, 0.3) is 11.8 Å². The lowest BCUT2D eigenvalue weighted by Gasteiger charge is -2.23. The fraction of sp³-hybridized carbons (Fsp3) is 0.250. The molecule has 4 aromatic rings. The zero-order valence-corrected chi connectivity index (χ0v) is 20.2. The monoisotopic (exact) mass is 478 g/mol. The number of H-pyrrole nitrogens is 1. The second-order valence-corrected chi connectivity index (χ2v) is 10.3. The normalized spacial score (nSPS) is 11.5. The van der Waals surface area contributed by atoms with Crippen molar-refractivity contribution >= 4 is 51.5 Å². The van der Waals surface area contributed by atoms with E-state index in [9.17, 15) is 14.4 Å². The number of amides is 3. The second-order valence-electron chi connectivity index (χ2n) is 9.22. The molecule has 9 nitrogen and oxygen atoms in total. The van der Waals surface area contributed by atoms with Crippen molar-refractivity contribution < 1.29 is 14.4 Å². The van der Waals surface area contributed by atoms with Gasteiger partial charge in [-0.15, -0.1) is 11.3 Å². The van der Waals surface area contributed by atoms with E-state index in [2.05, 4.69) is 15.3 Å². The van der Waals surface area contributed by atoms with Gasteiger partial charge in [0.05, 0.1) is 16.8 Å². The molecule has 3 aromatic heterocycles. The number of hydrogen-bond donors (Lipinski definition) is 3. The van der Waals surface area contributed by atoms with E-state index in [4.69, 9.17) is 5.73 Å². The number of nitrogens with one attached hydrogen (secondary N) is 2. The van der Waals surface area contributed by atoms with Crippen molar-refractivity contribution in [1.29, 1.82) is 0 Å². The van der Waals surface area contributed by atoms with Crippen LogP contribution in [0.5, 0.6) is 0 Å². The fourth-order valence-corrected chi connectivity index (χ4v) is 4.47. The molecule has 10 heteroatoms. The van der Waals surface area contributed by atoms with Crippen LogP contribution in [-0.4, -0.2) is 39.3 Å². The molecular weight excluding hydrogens is 452 g/mol. The summed E-state index contributed by atoms with van der Waals surface area (Å²) in [6, 6.07) is 8.76. The molecule has 0 saturated carbocycles. The molecular formula is C24H26N6O3S. The highest BCUT2D eigenvalue weighted by Crippen LogP contribution is 2.31. The lowest BCUT2D eigenvalue weighted by atomic mass is 9.91. The van der Waals surface area contributed by atoms with Crippen molar-refractivity contribution in [2.75, 3.05) is 17.3 Å². The molecule has 0 aliphatic heterocycles. The summed E-state index contributed by atoms with van der Waals surface area (Å²) >= 11 is 1.29. The average molecular weight is 479 g/mol. The van der Waals surface area contributed by atoms with Gasteiger partial charge in [0.1, 0.15) is 10.8 Å². The fourth-order valence-electron chi connectivity index (χ4n) is 3.61. The van der Waals surface area contributed by atoms with E-state index >= 15 is 0 Å². The first kappa shape index (κ1) is 23.2. The molecule has 4 rings (SSSR count). The van der Waals surface area contributed by atoms with Crippen molar-refractivity contribution in [1.82, 2.24) is 14.5 Å². The van der Waals surface area contributed by atoms with Crippen LogP contribution < -0.4 is 16.0 Å². The highest BCUT2D eigenvalue weighted by molar-refractivity contribution is 7.16. The van der Waals surface area contributed by atoms with Crippen LogP contribution in [-0.2, 0) is 4.79 Å². The predicted molar refractivity (Wildman–Crippen MR) is 134 cm³/mol. The van der Waals surface area contributed by atoms with Crippen LogP contribution in [0.15, 0.2) is 49.1 Å². The summed E-state index contributed by atoms with van der Waals surface area (Å²) in [6.07, 6.45) is 5.49. The number of fused-ring (bicyclic) bond motifs is 1. The molecule has 0 aliphatic carbocycles. The molecule has 176 valence electrons. The van der Waals surface area contributed by atoms with Crippen LogP contribution in [0.25, 0.3) is 15.9 Å². The molecule has 4 N–H and O–H groups in total. The van der Waals surface area contributed by atoms with Crippen molar-refractivity contribution in [2.24, 2.45) is 11.1 Å². The molecule has 3 heterocycles. The largest absolute Gasteiger partial charge is 0.365 e. The first-order chi connectivity index (χ1) is 16.0. The van der Waals surface area contributed by atoms with Crippen molar-refractivity contribution in [3.05, 3.63) is 59.5 Å². The van der Waals surface area contributed by atoms with Crippen LogP contribution in [0.1, 0.15) is 47.2 Å². The van der Waals surface area contributed by atoms with Gasteiger partial charge in [-0.1, -0.05) is 20.8 Å². The minimum Gasteiger partial charge on any atom is -0.365 e. The number of aromatic nitrogens is 3. The highest BCUT2D eigenvalue weighted by atomic mass is 32.1. The number of aromatic amines is 1. The molecule has 1 aromatic carbocycles. The summed E-state index contributed by atoms with van der Waals surface area (Å²) in [5.41, 5.74) is 6.94. The van der Waals surface area contributed by atoms with Crippen LogP contribution >= 0.6 is 11.3 Å². The SMILES string of the molecule is CN(C(=O)CC(C)(C)C)c1ccc2c(C(N)=O)c(NC(=O)c3ccc(-n4ccnc4)s3)[nH]c2c1. The Hall–Kier alpha value is -3.92. The van der Waals surface area contributed by atoms with Crippen molar-refractivity contribution in [3.8, 4) is 5.00 Å². The molecule has 0 bridgehead atoms. The van der Waals surface area contributed by atoms with Gasteiger partial charge in [-0.2, -0.15) is 0 Å². The topological polar surface area (TPSA) is 126 Å². The van der Waals surface area contributed by atoms with Gasteiger partial charge in [0.15, 0.2) is 0 Å². The van der Waals surface area contributed by atoms with Crippen LogP contribution in [0.4, 0.5) is 11.5 Å². The van der Waals surface area contributed by atoms with Crippen molar-refractivity contribution in [2.45, 2.75) is 27.2 Å². The number of rotatable bonds is 6. The minimum atomic E-state index is -0.670. The third kappa shape index (κ3) is 4.72. The summed E-state index contributed by atoms with van der Waals surface area (Å²) in [5, 5.41) is 4.17. The molecule has 0 aliphatic rings. The molecule has 0 radical (unpaired) electrons. The lowest BCUT2D eigenvalue weighted by molar-refractivity contribution is -0.120. The molecule has 3 amide bonds. The Morgan fingerprint density at radius 2 is 1.97 bits per heavy atom. The molecule has 0 saturated heterocycles. The average Bonchev–Trinajstić information content (AvgIpc) is 3.49. The van der Waals surface area contributed by atoms with Crippen LogP contribution in [0, 0.1) is 5.41 Å². The van der Waals surface area contributed by atoms with E-state index in [1.807, 2.05) is 26.8 Å². The number of nitrogens with two attached hydrogens (primary N) is 1. The zero-order valence-electron chi connectivity index (χ0n) is 19.4. The van der Waals surface area contributed by atoms with E-state index < -0.39 is 5.91 Å². The smallest absolute Gasteiger partial charge is 0.266 e. The van der Waals surface area contributed by atoms with Crippen molar-refractivity contribution in [3.63, 3.8) is 0 Å². The third-order valence-corrected chi connectivity index (χ3v) is 6.38. The Bertz CT molecular complexity index is 1380. The lowest BCUT2D eigenvalue weighted by Crippen LogP contribution is -2.29. The van der Waals surface area contributed by atoms with E-state index in [0.717, 1.165) is 5.00 Å². The number of nitrogens with zero attached hydrogens (tertiary/aromatic N) is 3. The van der Waals surface area contributed by atoms with E-state index in [-0.39, 0.29) is 28.6 Å². The number of imidazole rings is 1. The standard InChI is InChI=1S/C24H26N6O3S/c1-24(2,3)12-18(31)29(4)14-5-6-15-16(11-14)27-22(20(15)21(25)32)28-23(33)17-7-8-19(34-17)30-10-9-26-13-30/h5-11,13,27H,12H2,1-4H3,(H2,25,32)(H,28,33). The number of benzene rings is 1. The number of hydrogen-bond acceptors (Lipinski definition) is 5. The molecule has 34 heavy (non-hydrogen) atoms. The summed E-state index contributed by atoms with van der Waals surface area (Å²) in [6.45, 7) is 6.02. The summed E-state index contributed by atoms with van der Waals surface area (Å²) in [5.74, 6) is -0.848. The first-order valence-electron chi connectivity index (χ1n) is 10.6. The highest BCUT2D eigenvalue weighted by Gasteiger charge is 2.23. The Balaban J connectivity index is 1.62. The van der Waals surface area contributed by atoms with Gasteiger partial charge in [-0.3, -0.25) is 19.0 Å². The van der Waals surface area contributed by atoms with Gasteiger partial charge in [0.2, 0.25) is 5.91 Å². The number of thiophene rings is 1. The van der Waals surface area contributed by atoms with Gasteiger partial charge in [-0.25, -0.2) is 4.98 Å². The number of primary amides is 1. The van der Waals surface area contributed by atoms with Crippen LogP contribution in [0.2, 0.25) is 0 Å². The van der Waals surface area contributed by atoms with Gasteiger partial charge >= 0.3 is 0 Å². The van der Waals surface area contributed by atoms with Gasteiger partial charge < -0.3 is 20.9 Å². The maximum absolute atomic E-state index is 12.9. The Morgan fingerprint density at radius 1 is 1.21 bits per heavy atom. The van der Waals surface area contributed by atoms with E-state index in [0.29, 0.717) is 27.9 Å². The van der Waals surface area contributed by atoms with E-state index in [1.54, 1.807) is 59.5 Å². The number of carbonyl (C=O) groups excluding carboxylic acids is 3. The maximum Gasteiger partial charge on any atom is 0.266 e. The molecule has 0 spiro atoms. The second kappa shape index (κ2) is 8.79. The zero-order chi connectivity index (χ0) is 24.6. The Labute approximate surface area is 200 Å². The van der Waals surface area contributed by atoms with E-state index in [1.165, 1.54) is 11.3 Å². The Kier molecular flexibility index (Phi) is 6.01. The molecule has 0 fully saturated rings. The first-order valence-corrected chi connectivity index (χ1v) is 11.5. The number of carbonyl (C=O) groups is 3. The summed E-state index contributed by atoms with van der Waals surface area (Å²) < 4.78 is 1.80. The van der Waals surface area contributed by atoms with Gasteiger partial charge in [0, 0.05) is 42.5 Å². The predicted octanol–water partition coefficient (Wildman–Crippen LogP) is 4.17. The van der Waals surface area contributed by atoms with Crippen LogP contribution in [0.3, 0.4) is 0 Å². The number of anilines is 2. The molecule has 0 unspecified atom stereocenters. The van der Waals surface area contributed by atoms with Gasteiger partial charge in [-0.05, 0) is 35.7 Å². The molecule has 0 atom stereocenters. The minimum absolute atomic E-state index is 0.0200. The maximum atomic E-state index is 12.9. The Morgan fingerprint density at radius 3 is 2.62 bits per heavy atom. The third-order valence-electron chi connectivity index (χ3n) is 5.28. The summed E-state index contributed by atoms with van der Waals surface area (Å²) in [4.78, 5) is 46.9. The quantitative estimate of drug-likeness (QED) is 0.384. The summed E-state index contributed by atoms with van der Waals surface area (Å²) in [7, 11) is 1.71.